The van der Waals surface area contributed by atoms with Gasteiger partial charge >= 0.3 is 34.2 Å². The number of hydrogen-bond donors (Lipinski definition) is 0. The van der Waals surface area contributed by atoms with Gasteiger partial charge in [-0.1, -0.05) is 0 Å². The molecule has 0 saturated carbocycles. The van der Waals surface area contributed by atoms with Crippen molar-refractivity contribution < 1.29 is 25.3 Å². The van der Waals surface area contributed by atoms with E-state index >= 15 is 0 Å². The molecule has 0 aliphatic carbocycles. The molecule has 0 aromatic heterocycles. The summed E-state index contributed by atoms with van der Waals surface area (Å²) in [6.45, 7) is 25.6. The van der Waals surface area contributed by atoms with Crippen LogP contribution >= 0.6 is 0 Å². The zero-order chi connectivity index (χ0) is 20.7. The van der Waals surface area contributed by atoms with Crippen LogP contribution in [0.15, 0.2) is 0 Å². The quantitative estimate of drug-likeness (QED) is 0.487. The SMILES string of the molecule is C[Si]1(C)CO[Si](C)(C)O[Si](C)(C)O[Si](C)(C)O[Si](C)(C)CO[Si](C)(C)O1. The first-order valence-electron chi connectivity index (χ1n) is 9.33. The molecule has 1 saturated heterocycles. The molecule has 1 rings (SSSR count). The Balaban J connectivity index is 3.14. The molecule has 1 aliphatic rings. The molecule has 0 aromatic rings. The molecule has 12 heteroatoms. The van der Waals surface area contributed by atoms with Crippen molar-refractivity contribution in [2.75, 3.05) is 12.5 Å². The summed E-state index contributed by atoms with van der Waals surface area (Å²) < 4.78 is 38.6. The second-order valence-corrected chi connectivity index (χ2v) is 32.8. The van der Waals surface area contributed by atoms with Gasteiger partial charge in [0, 0.05) is 0 Å². The molecule has 6 nitrogen and oxygen atoms in total. The first kappa shape index (κ1) is 25.1. The topological polar surface area (TPSA) is 55.4 Å². The van der Waals surface area contributed by atoms with E-state index in [1.54, 1.807) is 0 Å². The maximum Gasteiger partial charge on any atom is 0.322 e. The molecule has 0 spiro atoms. The van der Waals surface area contributed by atoms with Gasteiger partial charge in [0.25, 0.3) is 0 Å². The Morgan fingerprint density at radius 2 is 0.654 bits per heavy atom. The van der Waals surface area contributed by atoms with Crippen molar-refractivity contribution in [2.45, 2.75) is 78.6 Å². The zero-order valence-corrected chi connectivity index (χ0v) is 24.9. The van der Waals surface area contributed by atoms with E-state index in [4.69, 9.17) is 25.3 Å². The molecule has 0 N–H and O–H groups in total. The van der Waals surface area contributed by atoms with Gasteiger partial charge in [-0.25, -0.2) is 0 Å². The molecule has 156 valence electrons. The Labute approximate surface area is 167 Å². The van der Waals surface area contributed by atoms with Crippen molar-refractivity contribution in [3.8, 4) is 0 Å². The molecule has 1 heterocycles. The number of hydrogen-bond acceptors (Lipinski definition) is 6. The van der Waals surface area contributed by atoms with Crippen LogP contribution in [0, 0.1) is 0 Å². The highest BCUT2D eigenvalue weighted by Gasteiger charge is 2.46. The highest BCUT2D eigenvalue weighted by molar-refractivity contribution is 6.89. The third-order valence-corrected chi connectivity index (χ3v) is 23.7. The Morgan fingerprint density at radius 3 is 1.08 bits per heavy atom. The van der Waals surface area contributed by atoms with E-state index in [9.17, 15) is 0 Å². The summed E-state index contributed by atoms with van der Waals surface area (Å²) >= 11 is 0. The largest absolute Gasteiger partial charge is 0.435 e. The van der Waals surface area contributed by atoms with Crippen molar-refractivity contribution in [2.24, 2.45) is 0 Å². The van der Waals surface area contributed by atoms with Crippen molar-refractivity contribution in [1.82, 2.24) is 0 Å². The van der Waals surface area contributed by atoms with Gasteiger partial charge in [0.2, 0.25) is 0 Å². The van der Waals surface area contributed by atoms with Crippen LogP contribution in [0.1, 0.15) is 0 Å². The number of rotatable bonds is 0. The van der Waals surface area contributed by atoms with Crippen LogP contribution in [-0.4, -0.2) is 63.3 Å². The Morgan fingerprint density at radius 1 is 0.385 bits per heavy atom. The maximum atomic E-state index is 6.56. The van der Waals surface area contributed by atoms with Gasteiger partial charge < -0.3 is 25.3 Å². The van der Waals surface area contributed by atoms with E-state index in [2.05, 4.69) is 78.6 Å². The summed E-state index contributed by atoms with van der Waals surface area (Å²) in [5.74, 6) is 0. The smallest absolute Gasteiger partial charge is 0.322 e. The Bertz CT molecular complexity index is 452. The average Bonchev–Trinajstić information content (AvgIpc) is 2.28. The fourth-order valence-electron chi connectivity index (χ4n) is 3.37. The molecular formula is C14H40O6Si6. The van der Waals surface area contributed by atoms with Crippen LogP contribution < -0.4 is 0 Å². The fourth-order valence-corrected chi connectivity index (χ4v) is 31.1. The summed E-state index contributed by atoms with van der Waals surface area (Å²) in [6, 6.07) is 0. The minimum atomic E-state index is -2.37. The van der Waals surface area contributed by atoms with Crippen LogP contribution in [0.5, 0.6) is 0 Å². The molecule has 0 unspecified atom stereocenters. The molecule has 0 radical (unpaired) electrons. The Hall–Kier alpha value is 1.06. The van der Waals surface area contributed by atoms with E-state index in [1.165, 1.54) is 0 Å². The van der Waals surface area contributed by atoms with E-state index in [0.29, 0.717) is 12.5 Å². The maximum absolute atomic E-state index is 6.56. The molecule has 1 fully saturated rings. The highest BCUT2D eigenvalue weighted by atomic mass is 28.5. The van der Waals surface area contributed by atoms with E-state index in [1.807, 2.05) is 0 Å². The fraction of sp³-hybridized carbons (Fsp3) is 1.00. The van der Waals surface area contributed by atoms with Crippen molar-refractivity contribution in [3.05, 3.63) is 0 Å². The lowest BCUT2D eigenvalue weighted by Gasteiger charge is -2.43. The van der Waals surface area contributed by atoms with Crippen LogP contribution in [0.3, 0.4) is 0 Å². The second-order valence-electron chi connectivity index (χ2n) is 10.1. The van der Waals surface area contributed by atoms with Gasteiger partial charge in [-0.05, 0) is 78.6 Å². The lowest BCUT2D eigenvalue weighted by atomic mass is 11.7. The van der Waals surface area contributed by atoms with E-state index < -0.39 is 50.9 Å². The van der Waals surface area contributed by atoms with Gasteiger partial charge in [0.05, 0.1) is 12.5 Å². The third kappa shape index (κ3) is 9.51. The molecular weight excluding hydrogens is 433 g/mol. The summed E-state index contributed by atoms with van der Waals surface area (Å²) in [4.78, 5) is 0. The predicted molar refractivity (Wildman–Crippen MR) is 121 cm³/mol. The van der Waals surface area contributed by atoms with Gasteiger partial charge in [-0.3, -0.25) is 0 Å². The van der Waals surface area contributed by atoms with E-state index in [0.717, 1.165) is 0 Å². The third-order valence-electron chi connectivity index (χ3n) is 3.56. The van der Waals surface area contributed by atoms with Crippen molar-refractivity contribution in [1.29, 1.82) is 0 Å². The van der Waals surface area contributed by atoms with Crippen LogP contribution in [0.25, 0.3) is 0 Å². The molecule has 0 atom stereocenters. The highest BCUT2D eigenvalue weighted by Crippen LogP contribution is 2.27. The molecule has 0 bridgehead atoms. The minimum absolute atomic E-state index is 0.620. The average molecular weight is 473 g/mol. The first-order valence-corrected chi connectivity index (χ1v) is 26.8. The lowest BCUT2D eigenvalue weighted by Crippen LogP contribution is -2.60. The minimum Gasteiger partial charge on any atom is -0.435 e. The zero-order valence-electron chi connectivity index (χ0n) is 18.9. The van der Waals surface area contributed by atoms with E-state index in [-0.39, 0.29) is 0 Å². The summed E-state index contributed by atoms with van der Waals surface area (Å²) in [7, 11) is -13.3. The second kappa shape index (κ2) is 8.06. The predicted octanol–water partition coefficient (Wildman–Crippen LogP) is 4.40. The molecule has 1 aliphatic heterocycles. The van der Waals surface area contributed by atoms with Crippen molar-refractivity contribution >= 4 is 50.9 Å². The normalized spacial score (nSPS) is 30.9. The lowest BCUT2D eigenvalue weighted by molar-refractivity contribution is 0.223. The molecule has 26 heavy (non-hydrogen) atoms. The summed E-state index contributed by atoms with van der Waals surface area (Å²) in [6.07, 6.45) is 1.25. The van der Waals surface area contributed by atoms with Crippen LogP contribution in [-0.2, 0) is 25.3 Å². The molecule has 0 aromatic carbocycles. The Kier molecular flexibility index (Phi) is 7.78. The van der Waals surface area contributed by atoms with Gasteiger partial charge in [0.1, 0.15) is 0 Å². The summed E-state index contributed by atoms with van der Waals surface area (Å²) in [5.41, 5.74) is 0. The first-order chi connectivity index (χ1) is 11.2. The van der Waals surface area contributed by atoms with Gasteiger partial charge in [-0.2, -0.15) is 0 Å². The molecule has 0 amide bonds. The van der Waals surface area contributed by atoms with Gasteiger partial charge in [-0.15, -0.1) is 0 Å². The van der Waals surface area contributed by atoms with Crippen LogP contribution in [0.4, 0.5) is 0 Å². The van der Waals surface area contributed by atoms with Gasteiger partial charge in [0.15, 0.2) is 16.6 Å². The van der Waals surface area contributed by atoms with Crippen molar-refractivity contribution in [3.63, 3.8) is 0 Å². The summed E-state index contributed by atoms with van der Waals surface area (Å²) in [5, 5.41) is 0. The van der Waals surface area contributed by atoms with Crippen LogP contribution in [0.2, 0.25) is 78.6 Å². The standard InChI is InChI=1S/C14H40O6Si6/c1-21(2)14-16-24(7,8)19-26(11,12)20-25(9,10)18-22(3,4)13-15-23(5,6)17-21/h13-14H2,1-12H3. The monoisotopic (exact) mass is 472 g/mol.